The summed E-state index contributed by atoms with van der Waals surface area (Å²) in [5.74, 6) is 1.87. The minimum absolute atomic E-state index is 0.0228. The minimum atomic E-state index is 0.0228. The summed E-state index contributed by atoms with van der Waals surface area (Å²) >= 11 is 3.41. The molecule has 1 heterocycles. The van der Waals surface area contributed by atoms with Gasteiger partial charge in [0.25, 0.3) is 5.91 Å². The maximum absolute atomic E-state index is 11.8. The minimum Gasteiger partial charge on any atom is -0.396 e. The number of amides is 1. The lowest BCUT2D eigenvalue weighted by atomic mass is 10.2. The van der Waals surface area contributed by atoms with Gasteiger partial charge in [-0.25, -0.2) is 0 Å². The highest BCUT2D eigenvalue weighted by Crippen LogP contribution is 2.20. The van der Waals surface area contributed by atoms with Crippen LogP contribution in [0, 0.1) is 13.8 Å². The number of nitrogens with one attached hydrogen (secondary N) is 1. The molecule has 1 amide bonds. The van der Waals surface area contributed by atoms with E-state index >= 15 is 0 Å². The maximum Gasteiger partial charge on any atom is 0.252 e. The summed E-state index contributed by atoms with van der Waals surface area (Å²) in [6, 6.07) is 1.94. The van der Waals surface area contributed by atoms with E-state index in [0.717, 1.165) is 28.4 Å². The molecule has 2 N–H and O–H groups in total. The van der Waals surface area contributed by atoms with Gasteiger partial charge < -0.3 is 10.4 Å². The zero-order chi connectivity index (χ0) is 12.7. The van der Waals surface area contributed by atoms with Crippen LogP contribution in [0.25, 0.3) is 0 Å². The van der Waals surface area contributed by atoms with Crippen LogP contribution < -0.4 is 5.32 Å². The van der Waals surface area contributed by atoms with Crippen LogP contribution in [-0.4, -0.2) is 35.7 Å². The summed E-state index contributed by atoms with van der Waals surface area (Å²) in [7, 11) is 0. The molecule has 0 unspecified atom stereocenters. The Bertz CT molecular complexity index is 363. The van der Waals surface area contributed by atoms with Crippen LogP contribution in [-0.2, 0) is 0 Å². The molecule has 0 atom stereocenters. The molecule has 0 bridgehead atoms. The highest BCUT2D eigenvalue weighted by atomic mass is 32.2. The molecule has 1 aromatic heterocycles. The average molecular weight is 273 g/mol. The van der Waals surface area contributed by atoms with Gasteiger partial charge in [0.05, 0.1) is 5.56 Å². The predicted molar refractivity (Wildman–Crippen MR) is 75.2 cm³/mol. The largest absolute Gasteiger partial charge is 0.396 e. The molecular weight excluding hydrogens is 254 g/mol. The molecule has 0 aliphatic rings. The zero-order valence-corrected chi connectivity index (χ0v) is 11.9. The van der Waals surface area contributed by atoms with Crippen LogP contribution in [0.15, 0.2) is 6.07 Å². The Hall–Kier alpha value is -0.520. The first-order valence-electron chi connectivity index (χ1n) is 5.69. The van der Waals surface area contributed by atoms with Gasteiger partial charge in [-0.05, 0) is 32.1 Å². The standard InChI is InChI=1S/C12H19NO2S2/c1-9-8-11(10(2)17-9)12(15)13-4-7-16-6-3-5-14/h8,14H,3-7H2,1-2H3,(H,13,15). The van der Waals surface area contributed by atoms with Crippen molar-refractivity contribution in [1.82, 2.24) is 5.32 Å². The number of carbonyl (C=O) groups excluding carboxylic acids is 1. The van der Waals surface area contributed by atoms with E-state index in [4.69, 9.17) is 5.11 Å². The molecule has 1 aromatic rings. The number of aryl methyl sites for hydroxylation is 2. The molecule has 0 fully saturated rings. The number of hydrogen-bond donors (Lipinski definition) is 2. The van der Waals surface area contributed by atoms with E-state index in [9.17, 15) is 4.79 Å². The molecule has 0 aliphatic carbocycles. The van der Waals surface area contributed by atoms with E-state index in [2.05, 4.69) is 5.32 Å². The molecule has 0 saturated carbocycles. The fourth-order valence-corrected chi connectivity index (χ4v) is 3.16. The molecule has 1 rings (SSSR count). The number of thioether (sulfide) groups is 1. The molecule has 0 aliphatic heterocycles. The lowest BCUT2D eigenvalue weighted by Gasteiger charge is -2.04. The van der Waals surface area contributed by atoms with Gasteiger partial charge in [0.15, 0.2) is 0 Å². The number of aliphatic hydroxyl groups is 1. The predicted octanol–water partition coefficient (Wildman–Crippen LogP) is 2.21. The van der Waals surface area contributed by atoms with Gasteiger partial charge in [0, 0.05) is 28.7 Å². The number of thiophene rings is 1. The summed E-state index contributed by atoms with van der Waals surface area (Å²) in [5, 5.41) is 11.5. The van der Waals surface area contributed by atoms with E-state index in [1.807, 2.05) is 19.9 Å². The first-order valence-corrected chi connectivity index (χ1v) is 7.66. The number of carbonyl (C=O) groups is 1. The van der Waals surface area contributed by atoms with Gasteiger partial charge in [-0.1, -0.05) is 0 Å². The lowest BCUT2D eigenvalue weighted by molar-refractivity contribution is 0.0956. The van der Waals surface area contributed by atoms with Gasteiger partial charge >= 0.3 is 0 Å². The third kappa shape index (κ3) is 5.10. The first kappa shape index (κ1) is 14.5. The molecule has 0 aromatic carbocycles. The lowest BCUT2D eigenvalue weighted by Crippen LogP contribution is -2.25. The molecule has 0 saturated heterocycles. The van der Waals surface area contributed by atoms with E-state index in [1.54, 1.807) is 23.1 Å². The third-order valence-corrected chi connectivity index (χ3v) is 4.30. The molecule has 17 heavy (non-hydrogen) atoms. The van der Waals surface area contributed by atoms with Crippen LogP contribution in [0.5, 0.6) is 0 Å². The van der Waals surface area contributed by atoms with Crippen LogP contribution in [0.3, 0.4) is 0 Å². The van der Waals surface area contributed by atoms with E-state index in [0.29, 0.717) is 6.54 Å². The van der Waals surface area contributed by atoms with Crippen LogP contribution in [0.4, 0.5) is 0 Å². The Balaban J connectivity index is 2.23. The highest BCUT2D eigenvalue weighted by molar-refractivity contribution is 7.99. The van der Waals surface area contributed by atoms with Gasteiger partial charge in [-0.3, -0.25) is 4.79 Å². The van der Waals surface area contributed by atoms with E-state index in [1.165, 1.54) is 4.88 Å². The second-order valence-corrected chi connectivity index (χ2v) is 6.46. The Morgan fingerprint density at radius 1 is 1.47 bits per heavy atom. The van der Waals surface area contributed by atoms with Crippen LogP contribution in [0.2, 0.25) is 0 Å². The smallest absolute Gasteiger partial charge is 0.252 e. The maximum atomic E-state index is 11.8. The average Bonchev–Trinajstić information content (AvgIpc) is 2.62. The van der Waals surface area contributed by atoms with Gasteiger partial charge in [-0.2, -0.15) is 11.8 Å². The molecule has 96 valence electrons. The third-order valence-electron chi connectivity index (χ3n) is 2.26. The van der Waals surface area contributed by atoms with Crippen molar-refractivity contribution in [3.63, 3.8) is 0 Å². The first-order chi connectivity index (χ1) is 8.15. The van der Waals surface area contributed by atoms with Crippen molar-refractivity contribution < 1.29 is 9.90 Å². The van der Waals surface area contributed by atoms with Crippen molar-refractivity contribution >= 4 is 29.0 Å². The quantitative estimate of drug-likeness (QED) is 0.749. The summed E-state index contributed by atoms with van der Waals surface area (Å²) in [5.41, 5.74) is 0.799. The zero-order valence-electron chi connectivity index (χ0n) is 10.3. The van der Waals surface area contributed by atoms with Crippen molar-refractivity contribution in [2.24, 2.45) is 0 Å². The molecule has 5 heteroatoms. The summed E-state index contributed by atoms with van der Waals surface area (Å²) in [6.45, 7) is 4.91. The van der Waals surface area contributed by atoms with E-state index in [-0.39, 0.29) is 12.5 Å². The van der Waals surface area contributed by atoms with Crippen molar-refractivity contribution in [2.45, 2.75) is 20.3 Å². The van der Waals surface area contributed by atoms with E-state index < -0.39 is 0 Å². The number of aliphatic hydroxyl groups excluding tert-OH is 1. The second kappa shape index (κ2) is 7.74. The Kier molecular flexibility index (Phi) is 6.62. The molecule has 0 spiro atoms. The van der Waals surface area contributed by atoms with Gasteiger partial charge in [0.2, 0.25) is 0 Å². The second-order valence-electron chi connectivity index (χ2n) is 3.77. The summed E-state index contributed by atoms with van der Waals surface area (Å²) < 4.78 is 0. The number of rotatable bonds is 7. The van der Waals surface area contributed by atoms with Crippen molar-refractivity contribution in [2.75, 3.05) is 24.7 Å². The Labute approximate surface area is 111 Å². The normalized spacial score (nSPS) is 10.5. The monoisotopic (exact) mass is 273 g/mol. The van der Waals surface area contributed by atoms with Crippen molar-refractivity contribution in [1.29, 1.82) is 0 Å². The number of hydrogen-bond acceptors (Lipinski definition) is 4. The van der Waals surface area contributed by atoms with Crippen LogP contribution in [0.1, 0.15) is 26.5 Å². The van der Waals surface area contributed by atoms with Crippen molar-refractivity contribution in [3.05, 3.63) is 21.4 Å². The highest BCUT2D eigenvalue weighted by Gasteiger charge is 2.10. The summed E-state index contributed by atoms with van der Waals surface area (Å²) in [4.78, 5) is 14.1. The topological polar surface area (TPSA) is 49.3 Å². The fourth-order valence-electron chi connectivity index (χ4n) is 1.46. The van der Waals surface area contributed by atoms with Gasteiger partial charge in [0.1, 0.15) is 0 Å². The summed E-state index contributed by atoms with van der Waals surface area (Å²) in [6.07, 6.45) is 0.821. The van der Waals surface area contributed by atoms with Crippen molar-refractivity contribution in [3.8, 4) is 0 Å². The van der Waals surface area contributed by atoms with Gasteiger partial charge in [-0.15, -0.1) is 11.3 Å². The fraction of sp³-hybridized carbons (Fsp3) is 0.583. The molecular formula is C12H19NO2S2. The SMILES string of the molecule is Cc1cc(C(=O)NCCSCCCO)c(C)s1. The van der Waals surface area contributed by atoms with Crippen LogP contribution >= 0.6 is 23.1 Å². The molecule has 0 radical (unpaired) electrons. The Morgan fingerprint density at radius 3 is 2.82 bits per heavy atom. The Morgan fingerprint density at radius 2 is 2.24 bits per heavy atom. The molecule has 3 nitrogen and oxygen atoms in total.